The number of likely N-dealkylation sites (N-methyl/N-ethyl adjacent to an activating group) is 1. The largest absolute Gasteiger partial charge is 0.383 e. The van der Waals surface area contributed by atoms with Crippen molar-refractivity contribution in [3.8, 4) is 0 Å². The van der Waals surface area contributed by atoms with Crippen LogP contribution in [0.3, 0.4) is 0 Å². The van der Waals surface area contributed by atoms with Gasteiger partial charge in [-0.15, -0.1) is 0 Å². The van der Waals surface area contributed by atoms with E-state index in [1.165, 1.54) is 15.9 Å². The number of nitrogens with zero attached hydrogens (tertiary/aromatic N) is 3. The van der Waals surface area contributed by atoms with Crippen LogP contribution in [0.5, 0.6) is 0 Å². The number of carbonyl (C=O) groups is 2. The second-order valence-electron chi connectivity index (χ2n) is 8.65. The highest BCUT2D eigenvalue weighted by Crippen LogP contribution is 2.30. The number of hydrogen-bond donors (Lipinski definition) is 2. The number of fused-ring (bicyclic) bond motifs is 1. The van der Waals surface area contributed by atoms with Crippen LogP contribution >= 0.6 is 0 Å². The monoisotopic (exact) mass is 511 g/mol. The Morgan fingerprint density at radius 1 is 1.08 bits per heavy atom. The normalized spacial score (nSPS) is 12.2. The number of nitrogen functional groups attached to an aromatic ring is 1. The molecule has 0 aliphatic heterocycles. The van der Waals surface area contributed by atoms with Gasteiger partial charge in [0.2, 0.25) is 11.8 Å². The van der Waals surface area contributed by atoms with E-state index in [1.54, 1.807) is 45.4 Å². The van der Waals surface area contributed by atoms with Crippen molar-refractivity contribution in [2.75, 3.05) is 44.0 Å². The average Bonchev–Trinajstić information content (AvgIpc) is 2.87. The summed E-state index contributed by atoms with van der Waals surface area (Å²) in [6.07, 6.45) is 2.21. The minimum absolute atomic E-state index is 0.0651. The predicted octanol–water partition coefficient (Wildman–Crippen LogP) is 3.09. The first-order valence-electron chi connectivity index (χ1n) is 11.8. The van der Waals surface area contributed by atoms with Crippen molar-refractivity contribution in [1.82, 2.24) is 14.8 Å². The van der Waals surface area contributed by atoms with Crippen LogP contribution in [0.4, 0.5) is 11.5 Å². The highest BCUT2D eigenvalue weighted by molar-refractivity contribution is 7.91. The number of benzene rings is 2. The Bertz CT molecular complexity index is 1360. The molecule has 0 saturated carbocycles. The molecule has 0 aliphatic carbocycles. The second-order valence-corrected chi connectivity index (χ2v) is 10.9. The summed E-state index contributed by atoms with van der Waals surface area (Å²) in [6.45, 7) is 3.67. The summed E-state index contributed by atoms with van der Waals surface area (Å²) in [5.74, 6) is -0.382. The SMILES string of the molecule is CCCN(C(=O)CNc1ccc2c(N)nccc2c1)[C@H](C(=O)N(C)C)c1ccccc1S(=O)(=O)CC. The lowest BCUT2D eigenvalue weighted by Gasteiger charge is -2.34. The predicted molar refractivity (Wildman–Crippen MR) is 142 cm³/mol. The smallest absolute Gasteiger partial charge is 0.249 e. The van der Waals surface area contributed by atoms with E-state index in [-0.39, 0.29) is 35.6 Å². The Hall–Kier alpha value is -3.66. The number of amides is 2. The molecule has 3 aromatic rings. The van der Waals surface area contributed by atoms with Crippen LogP contribution in [0.2, 0.25) is 0 Å². The zero-order valence-electron chi connectivity index (χ0n) is 21.1. The van der Waals surface area contributed by atoms with Crippen molar-refractivity contribution in [3.05, 3.63) is 60.3 Å². The van der Waals surface area contributed by atoms with E-state index < -0.39 is 15.9 Å². The Labute approximate surface area is 212 Å². The van der Waals surface area contributed by atoms with Gasteiger partial charge in [0.05, 0.1) is 17.2 Å². The molecule has 0 unspecified atom stereocenters. The number of anilines is 2. The summed E-state index contributed by atoms with van der Waals surface area (Å²) < 4.78 is 25.7. The molecule has 2 aromatic carbocycles. The average molecular weight is 512 g/mol. The van der Waals surface area contributed by atoms with E-state index in [9.17, 15) is 18.0 Å². The lowest BCUT2D eigenvalue weighted by Crippen LogP contribution is -2.46. The molecule has 0 saturated heterocycles. The van der Waals surface area contributed by atoms with Gasteiger partial charge < -0.3 is 20.9 Å². The van der Waals surface area contributed by atoms with Crippen molar-refractivity contribution in [1.29, 1.82) is 0 Å². The zero-order valence-corrected chi connectivity index (χ0v) is 21.9. The molecule has 2 amide bonds. The van der Waals surface area contributed by atoms with Gasteiger partial charge in [-0.25, -0.2) is 13.4 Å². The van der Waals surface area contributed by atoms with Crippen LogP contribution in [-0.4, -0.2) is 68.0 Å². The fourth-order valence-corrected chi connectivity index (χ4v) is 5.19. The van der Waals surface area contributed by atoms with E-state index in [0.29, 0.717) is 23.5 Å². The van der Waals surface area contributed by atoms with E-state index in [4.69, 9.17) is 5.73 Å². The molecule has 1 aromatic heterocycles. The molecule has 36 heavy (non-hydrogen) atoms. The maximum Gasteiger partial charge on any atom is 0.249 e. The van der Waals surface area contributed by atoms with Gasteiger partial charge in [-0.3, -0.25) is 9.59 Å². The molecular formula is C26H33N5O4S. The van der Waals surface area contributed by atoms with Crippen LogP contribution in [0.1, 0.15) is 31.9 Å². The van der Waals surface area contributed by atoms with Gasteiger partial charge in [-0.2, -0.15) is 0 Å². The third-order valence-electron chi connectivity index (χ3n) is 5.94. The summed E-state index contributed by atoms with van der Waals surface area (Å²) in [6, 6.07) is 12.7. The maximum atomic E-state index is 13.5. The molecule has 10 heteroatoms. The Morgan fingerprint density at radius 2 is 1.81 bits per heavy atom. The third-order valence-corrected chi connectivity index (χ3v) is 7.74. The molecule has 0 fully saturated rings. The molecule has 3 rings (SSSR count). The van der Waals surface area contributed by atoms with Gasteiger partial charge in [0.1, 0.15) is 11.9 Å². The minimum Gasteiger partial charge on any atom is -0.383 e. The number of nitrogens with two attached hydrogens (primary N) is 1. The Kier molecular flexibility index (Phi) is 8.52. The van der Waals surface area contributed by atoms with Gasteiger partial charge in [-0.1, -0.05) is 32.0 Å². The molecule has 0 spiro atoms. The van der Waals surface area contributed by atoms with Crippen molar-refractivity contribution < 1.29 is 18.0 Å². The van der Waals surface area contributed by atoms with E-state index in [2.05, 4.69) is 10.3 Å². The molecule has 0 aliphatic rings. The van der Waals surface area contributed by atoms with Gasteiger partial charge in [0, 0.05) is 43.5 Å². The summed E-state index contributed by atoms with van der Waals surface area (Å²) in [7, 11) is -0.442. The number of rotatable bonds is 10. The summed E-state index contributed by atoms with van der Waals surface area (Å²) in [5, 5.41) is 4.82. The van der Waals surface area contributed by atoms with Crippen LogP contribution in [-0.2, 0) is 19.4 Å². The third kappa shape index (κ3) is 5.76. The number of nitrogens with one attached hydrogen (secondary N) is 1. The molecule has 9 nitrogen and oxygen atoms in total. The molecule has 0 radical (unpaired) electrons. The molecule has 1 heterocycles. The zero-order chi connectivity index (χ0) is 26.5. The summed E-state index contributed by atoms with van der Waals surface area (Å²) >= 11 is 0. The number of pyridine rings is 1. The molecule has 3 N–H and O–H groups in total. The first-order chi connectivity index (χ1) is 17.1. The standard InChI is InChI=1S/C26H33N5O4S/c1-5-15-31(23(32)17-29-19-11-12-20-18(16-19)13-14-28-25(20)27)24(26(33)30(3)4)21-9-7-8-10-22(21)36(34,35)6-2/h7-14,16,24,29H,5-6,15,17H2,1-4H3,(H2,27,28)/t24-/m0/s1. The van der Waals surface area contributed by atoms with Crippen molar-refractivity contribution >= 4 is 43.9 Å². The number of hydrogen-bond acceptors (Lipinski definition) is 7. The van der Waals surface area contributed by atoms with Gasteiger partial charge >= 0.3 is 0 Å². The molecule has 1 atom stereocenters. The minimum atomic E-state index is -3.63. The van der Waals surface area contributed by atoms with Crippen LogP contribution in [0.25, 0.3) is 10.8 Å². The van der Waals surface area contributed by atoms with Crippen molar-refractivity contribution in [2.45, 2.75) is 31.2 Å². The first-order valence-corrected chi connectivity index (χ1v) is 13.5. The Balaban J connectivity index is 1.97. The maximum absolute atomic E-state index is 13.5. The number of carbonyl (C=O) groups excluding carboxylic acids is 2. The quantitative estimate of drug-likeness (QED) is 0.428. The summed E-state index contributed by atoms with van der Waals surface area (Å²) in [5.41, 5.74) is 6.93. The number of sulfone groups is 1. The second kappa shape index (κ2) is 11.4. The molecular weight excluding hydrogens is 478 g/mol. The highest BCUT2D eigenvalue weighted by atomic mass is 32.2. The number of aromatic nitrogens is 1. The van der Waals surface area contributed by atoms with E-state index >= 15 is 0 Å². The van der Waals surface area contributed by atoms with Crippen LogP contribution in [0, 0.1) is 0 Å². The lowest BCUT2D eigenvalue weighted by molar-refractivity contribution is -0.144. The van der Waals surface area contributed by atoms with Crippen LogP contribution in [0.15, 0.2) is 59.6 Å². The van der Waals surface area contributed by atoms with E-state index in [1.807, 2.05) is 31.2 Å². The van der Waals surface area contributed by atoms with Gasteiger partial charge in [-0.05, 0) is 42.1 Å². The molecule has 192 valence electrons. The van der Waals surface area contributed by atoms with Gasteiger partial charge in [0.25, 0.3) is 0 Å². The van der Waals surface area contributed by atoms with Crippen LogP contribution < -0.4 is 11.1 Å². The first kappa shape index (κ1) is 26.9. The lowest BCUT2D eigenvalue weighted by atomic mass is 10.0. The van der Waals surface area contributed by atoms with E-state index in [0.717, 1.165) is 10.8 Å². The molecule has 0 bridgehead atoms. The topological polar surface area (TPSA) is 126 Å². The fraction of sp³-hybridized carbons (Fsp3) is 0.346. The Morgan fingerprint density at radius 3 is 2.47 bits per heavy atom. The van der Waals surface area contributed by atoms with Crippen molar-refractivity contribution in [3.63, 3.8) is 0 Å². The van der Waals surface area contributed by atoms with Gasteiger partial charge in [0.15, 0.2) is 9.84 Å². The summed E-state index contributed by atoms with van der Waals surface area (Å²) in [4.78, 5) is 33.9. The fourth-order valence-electron chi connectivity index (χ4n) is 4.05. The van der Waals surface area contributed by atoms with Crippen molar-refractivity contribution in [2.24, 2.45) is 0 Å². The highest BCUT2D eigenvalue weighted by Gasteiger charge is 2.35.